The van der Waals surface area contributed by atoms with Gasteiger partial charge < -0.3 is 19.1 Å². The lowest BCUT2D eigenvalue weighted by molar-refractivity contribution is 0.110. The molecule has 0 unspecified atom stereocenters. The minimum atomic E-state index is -0.183. The highest BCUT2D eigenvalue weighted by Gasteiger charge is 2.31. The topological polar surface area (TPSA) is 30.9 Å². The highest BCUT2D eigenvalue weighted by molar-refractivity contribution is 5.85. The molecule has 4 nitrogen and oxygen atoms in total. The quantitative estimate of drug-likeness (QED) is 0.610. The number of unbranched alkanes of at least 4 members (excludes halogenated alkanes) is 1. The zero-order valence-electron chi connectivity index (χ0n) is 16.8. The summed E-state index contributed by atoms with van der Waals surface area (Å²) >= 11 is 0. The molecule has 4 rings (SSSR count). The van der Waals surface area contributed by atoms with Gasteiger partial charge in [0.05, 0.1) is 6.61 Å². The molecule has 2 aromatic carbocycles. The number of likely N-dealkylation sites (tertiary alicyclic amines) is 1. The van der Waals surface area contributed by atoms with Gasteiger partial charge in [-0.1, -0.05) is 25.5 Å². The van der Waals surface area contributed by atoms with Gasteiger partial charge in [0.1, 0.15) is 11.6 Å². The van der Waals surface area contributed by atoms with Crippen LogP contribution >= 0.6 is 12.4 Å². The molecule has 0 aromatic heterocycles. The molecule has 2 aliphatic heterocycles. The van der Waals surface area contributed by atoms with E-state index in [4.69, 9.17) is 14.2 Å². The van der Waals surface area contributed by atoms with Crippen molar-refractivity contribution in [2.75, 3.05) is 33.0 Å². The summed E-state index contributed by atoms with van der Waals surface area (Å²) in [5.74, 6) is 2.86. The van der Waals surface area contributed by atoms with Crippen LogP contribution in [0.2, 0.25) is 0 Å². The van der Waals surface area contributed by atoms with Crippen molar-refractivity contribution in [3.63, 3.8) is 0 Å². The third-order valence-electron chi connectivity index (χ3n) is 5.75. The van der Waals surface area contributed by atoms with Crippen LogP contribution in [0.15, 0.2) is 42.5 Å². The van der Waals surface area contributed by atoms with Crippen LogP contribution in [0.3, 0.4) is 0 Å². The van der Waals surface area contributed by atoms with Gasteiger partial charge in [0.2, 0.25) is 6.79 Å². The van der Waals surface area contributed by atoms with Gasteiger partial charge in [-0.05, 0) is 61.7 Å². The van der Waals surface area contributed by atoms with Crippen molar-refractivity contribution in [2.45, 2.75) is 32.1 Å². The first kappa shape index (κ1) is 21.7. The first-order valence-corrected chi connectivity index (χ1v) is 10.2. The molecule has 2 heterocycles. The Morgan fingerprint density at radius 2 is 1.90 bits per heavy atom. The van der Waals surface area contributed by atoms with Crippen LogP contribution in [-0.4, -0.2) is 37.9 Å². The number of piperidine rings is 1. The number of ether oxygens (including phenoxy) is 3. The van der Waals surface area contributed by atoms with E-state index < -0.39 is 0 Å². The molecule has 2 atom stereocenters. The van der Waals surface area contributed by atoms with E-state index in [9.17, 15) is 4.39 Å². The zero-order chi connectivity index (χ0) is 19.3. The van der Waals surface area contributed by atoms with Crippen LogP contribution in [0.5, 0.6) is 17.2 Å². The number of hydrogen-bond acceptors (Lipinski definition) is 4. The van der Waals surface area contributed by atoms with Crippen LogP contribution in [0.4, 0.5) is 4.39 Å². The molecule has 6 heteroatoms. The Labute approximate surface area is 178 Å². The molecule has 158 valence electrons. The molecule has 1 fully saturated rings. The number of hydrogen-bond donors (Lipinski definition) is 0. The Morgan fingerprint density at radius 1 is 1.10 bits per heavy atom. The summed E-state index contributed by atoms with van der Waals surface area (Å²) < 4.78 is 30.4. The second-order valence-corrected chi connectivity index (χ2v) is 7.69. The van der Waals surface area contributed by atoms with Gasteiger partial charge >= 0.3 is 0 Å². The molecule has 0 radical (unpaired) electrons. The molecule has 0 N–H and O–H groups in total. The van der Waals surface area contributed by atoms with Gasteiger partial charge in [0.25, 0.3) is 0 Å². The minimum Gasteiger partial charge on any atom is -0.493 e. The second-order valence-electron chi connectivity index (χ2n) is 7.69. The Hall–Kier alpha value is -1.98. The van der Waals surface area contributed by atoms with Crippen molar-refractivity contribution in [3.05, 3.63) is 53.8 Å². The third-order valence-corrected chi connectivity index (χ3v) is 5.75. The fraction of sp³-hybridized carbons (Fsp3) is 0.478. The summed E-state index contributed by atoms with van der Waals surface area (Å²) in [4.78, 5) is 2.54. The number of benzene rings is 2. The summed E-state index contributed by atoms with van der Waals surface area (Å²) in [6.45, 7) is 6.35. The maximum absolute atomic E-state index is 13.4. The van der Waals surface area contributed by atoms with E-state index in [-0.39, 0.29) is 25.0 Å². The standard InChI is InChI=1S/C23H28FNO3.ClH/c1-2-3-11-25-12-10-21(17-4-6-19(24)7-5-17)18(14-25)15-26-20-8-9-22-23(13-20)28-16-27-22;/h4-9,13,18,21H,2-3,10-12,14-16H2,1H3;1H/t18-,21-;/m0./s1. The van der Waals surface area contributed by atoms with Gasteiger partial charge in [0.15, 0.2) is 11.5 Å². The van der Waals surface area contributed by atoms with E-state index in [2.05, 4.69) is 11.8 Å². The van der Waals surface area contributed by atoms with E-state index in [1.165, 1.54) is 18.4 Å². The van der Waals surface area contributed by atoms with Crippen molar-refractivity contribution < 1.29 is 18.6 Å². The molecule has 29 heavy (non-hydrogen) atoms. The van der Waals surface area contributed by atoms with Crippen molar-refractivity contribution in [1.82, 2.24) is 4.90 Å². The Bertz CT molecular complexity index is 786. The molecule has 2 aromatic rings. The first-order valence-electron chi connectivity index (χ1n) is 10.2. The van der Waals surface area contributed by atoms with E-state index in [0.717, 1.165) is 43.3 Å². The molecule has 0 spiro atoms. The largest absolute Gasteiger partial charge is 0.493 e. The monoisotopic (exact) mass is 421 g/mol. The van der Waals surface area contributed by atoms with Crippen LogP contribution in [0.1, 0.15) is 37.7 Å². The van der Waals surface area contributed by atoms with E-state index in [1.807, 2.05) is 30.3 Å². The Morgan fingerprint density at radius 3 is 2.69 bits per heavy atom. The average Bonchev–Trinajstić information content (AvgIpc) is 3.19. The predicted octanol–water partition coefficient (Wildman–Crippen LogP) is 5.26. The molecular weight excluding hydrogens is 393 g/mol. The number of nitrogens with zero attached hydrogens (tertiary/aromatic N) is 1. The molecule has 0 bridgehead atoms. The maximum atomic E-state index is 13.4. The summed E-state index contributed by atoms with van der Waals surface area (Å²) in [6, 6.07) is 12.7. The summed E-state index contributed by atoms with van der Waals surface area (Å²) in [5.41, 5.74) is 1.20. The SMILES string of the molecule is CCCCN1CC[C@@H](c2ccc(F)cc2)[C@H](COc2ccc3c(c2)OCO3)C1.Cl. The minimum absolute atomic E-state index is 0. The average molecular weight is 422 g/mol. The highest BCUT2D eigenvalue weighted by atomic mass is 35.5. The van der Waals surface area contributed by atoms with Gasteiger partial charge in [-0.2, -0.15) is 0 Å². The van der Waals surface area contributed by atoms with Crippen LogP contribution in [-0.2, 0) is 0 Å². The van der Waals surface area contributed by atoms with E-state index in [1.54, 1.807) is 12.1 Å². The summed E-state index contributed by atoms with van der Waals surface area (Å²) in [5, 5.41) is 0. The van der Waals surface area contributed by atoms with Gasteiger partial charge in [-0.15, -0.1) is 12.4 Å². The number of fused-ring (bicyclic) bond motifs is 1. The normalized spacial score (nSPS) is 20.9. The second kappa shape index (κ2) is 10.2. The van der Waals surface area contributed by atoms with Crippen LogP contribution < -0.4 is 14.2 Å². The molecule has 0 amide bonds. The van der Waals surface area contributed by atoms with Crippen LogP contribution in [0.25, 0.3) is 0 Å². The van der Waals surface area contributed by atoms with Crippen molar-refractivity contribution in [1.29, 1.82) is 0 Å². The van der Waals surface area contributed by atoms with Crippen LogP contribution in [0, 0.1) is 11.7 Å². The lowest BCUT2D eigenvalue weighted by Crippen LogP contribution is -2.42. The lowest BCUT2D eigenvalue weighted by Gasteiger charge is -2.38. The summed E-state index contributed by atoms with van der Waals surface area (Å²) in [6.07, 6.45) is 3.50. The van der Waals surface area contributed by atoms with Crippen molar-refractivity contribution in [2.24, 2.45) is 5.92 Å². The van der Waals surface area contributed by atoms with E-state index in [0.29, 0.717) is 18.4 Å². The molecule has 2 aliphatic rings. The number of rotatable bonds is 7. The number of halogens is 2. The first-order chi connectivity index (χ1) is 13.7. The van der Waals surface area contributed by atoms with Gasteiger partial charge in [-0.3, -0.25) is 0 Å². The van der Waals surface area contributed by atoms with Crippen molar-refractivity contribution >= 4 is 12.4 Å². The Balaban J connectivity index is 0.00000240. The molecular formula is C23H29ClFNO3. The molecule has 0 saturated carbocycles. The Kier molecular flexibility index (Phi) is 7.62. The molecule has 0 aliphatic carbocycles. The third kappa shape index (κ3) is 5.34. The summed E-state index contributed by atoms with van der Waals surface area (Å²) in [7, 11) is 0. The lowest BCUT2D eigenvalue weighted by atomic mass is 9.80. The fourth-order valence-corrected chi connectivity index (χ4v) is 4.18. The smallest absolute Gasteiger partial charge is 0.231 e. The highest BCUT2D eigenvalue weighted by Crippen LogP contribution is 2.37. The van der Waals surface area contributed by atoms with Crippen molar-refractivity contribution in [3.8, 4) is 17.2 Å². The fourth-order valence-electron chi connectivity index (χ4n) is 4.18. The maximum Gasteiger partial charge on any atom is 0.231 e. The van der Waals surface area contributed by atoms with E-state index >= 15 is 0 Å². The molecule has 1 saturated heterocycles. The predicted molar refractivity (Wildman–Crippen MR) is 114 cm³/mol. The van der Waals surface area contributed by atoms with Gasteiger partial charge in [0, 0.05) is 18.5 Å². The zero-order valence-corrected chi connectivity index (χ0v) is 17.6. The van der Waals surface area contributed by atoms with Gasteiger partial charge in [-0.25, -0.2) is 4.39 Å².